The van der Waals surface area contributed by atoms with Crippen molar-refractivity contribution in [2.24, 2.45) is 12.1 Å². The highest BCUT2D eigenvalue weighted by Crippen LogP contribution is 2.26. The number of hydrogen-bond acceptors (Lipinski definition) is 6. The summed E-state index contributed by atoms with van der Waals surface area (Å²) in [6.45, 7) is 0. The molecule has 0 spiro atoms. The molecule has 22 heavy (non-hydrogen) atoms. The zero-order valence-corrected chi connectivity index (χ0v) is 12.2. The Balaban J connectivity index is 2.24. The Labute approximate surface area is 125 Å². The first kappa shape index (κ1) is 15.2. The number of nitrogens with one attached hydrogen (secondary N) is 1. The van der Waals surface area contributed by atoms with Crippen LogP contribution in [0.15, 0.2) is 27.8 Å². The van der Waals surface area contributed by atoms with Gasteiger partial charge in [-0.1, -0.05) is 0 Å². The third-order valence-electron chi connectivity index (χ3n) is 2.63. The number of aromatic nitrogens is 2. The van der Waals surface area contributed by atoms with Crippen LogP contribution < -0.4 is 5.43 Å². The number of carbonyl (C=O) groups excluding carboxylic acids is 1. The van der Waals surface area contributed by atoms with Crippen LogP contribution in [0.1, 0.15) is 5.56 Å². The van der Waals surface area contributed by atoms with E-state index in [1.165, 1.54) is 27.9 Å². The molecule has 2 amide bonds. The summed E-state index contributed by atoms with van der Waals surface area (Å²) in [5.41, 5.74) is 3.26. The first-order chi connectivity index (χ1) is 10.4. The lowest BCUT2D eigenvalue weighted by atomic mass is 10.2. The molecule has 116 valence electrons. The largest absolute Gasteiger partial charge is 0.433 e. The van der Waals surface area contributed by atoms with E-state index in [1.54, 1.807) is 27.3 Å². The van der Waals surface area contributed by atoms with Crippen molar-refractivity contribution in [3.63, 3.8) is 0 Å². The highest BCUT2D eigenvalue weighted by molar-refractivity contribution is 5.88. The molecule has 10 nitrogen and oxygen atoms in total. The third-order valence-corrected chi connectivity index (χ3v) is 2.63. The number of carbonyl (C=O) groups is 1. The van der Waals surface area contributed by atoms with E-state index in [-0.39, 0.29) is 17.7 Å². The normalized spacial score (nSPS) is 10.9. The second kappa shape index (κ2) is 6.08. The minimum absolute atomic E-state index is 0.243. The zero-order chi connectivity index (χ0) is 16.3. The Bertz CT molecular complexity index is 730. The fourth-order valence-electron chi connectivity index (χ4n) is 1.60. The van der Waals surface area contributed by atoms with Crippen LogP contribution in [0.25, 0.3) is 11.5 Å². The molecule has 0 saturated heterocycles. The molecule has 0 bridgehead atoms. The number of furan rings is 1. The highest BCUT2D eigenvalue weighted by Gasteiger charge is 2.17. The van der Waals surface area contributed by atoms with Gasteiger partial charge < -0.3 is 9.32 Å². The maximum absolute atomic E-state index is 11.4. The summed E-state index contributed by atoms with van der Waals surface area (Å²) in [5, 5.41) is 18.6. The number of rotatable bonds is 4. The van der Waals surface area contributed by atoms with Gasteiger partial charge in [0.15, 0.2) is 5.76 Å². The molecule has 0 unspecified atom stereocenters. The van der Waals surface area contributed by atoms with Crippen LogP contribution in [0.3, 0.4) is 0 Å². The van der Waals surface area contributed by atoms with Gasteiger partial charge in [-0.2, -0.15) is 10.2 Å². The Kier molecular flexibility index (Phi) is 4.20. The van der Waals surface area contributed by atoms with Crippen LogP contribution >= 0.6 is 0 Å². The van der Waals surface area contributed by atoms with Gasteiger partial charge in [0.1, 0.15) is 10.6 Å². The monoisotopic (exact) mass is 306 g/mol. The molecule has 0 aromatic carbocycles. The van der Waals surface area contributed by atoms with Crippen molar-refractivity contribution in [2.45, 2.75) is 0 Å². The molecule has 2 aromatic heterocycles. The standard InChI is InChI=1S/C12H14N6O4/c1-16(2)12(19)14-13-6-8-7-17(3)15-11(8)9-4-5-10(22-9)18(20)21/h4-7H,1-3H3,(H,14,19)/b13-6+. The van der Waals surface area contributed by atoms with Crippen LogP contribution in [-0.2, 0) is 7.05 Å². The SMILES string of the molecule is CN(C)C(=O)N/N=C/c1cn(C)nc1-c1ccc([N+](=O)[O-])o1. The maximum Gasteiger partial charge on any atom is 0.433 e. The molecular weight excluding hydrogens is 292 g/mol. The number of nitrogens with zero attached hydrogens (tertiary/aromatic N) is 5. The summed E-state index contributed by atoms with van der Waals surface area (Å²) in [4.78, 5) is 22.7. The quantitative estimate of drug-likeness (QED) is 0.517. The number of aryl methyl sites for hydroxylation is 1. The second-order valence-electron chi connectivity index (χ2n) is 4.57. The maximum atomic E-state index is 11.4. The number of hydrazone groups is 1. The Morgan fingerprint density at radius 1 is 1.55 bits per heavy atom. The van der Waals surface area contributed by atoms with Crippen LogP contribution in [0.2, 0.25) is 0 Å². The summed E-state index contributed by atoms with van der Waals surface area (Å²) in [6.07, 6.45) is 3.03. The van der Waals surface area contributed by atoms with Gasteiger partial charge in [-0.25, -0.2) is 10.2 Å². The van der Waals surface area contributed by atoms with Gasteiger partial charge in [0.25, 0.3) is 0 Å². The van der Waals surface area contributed by atoms with Gasteiger partial charge in [0, 0.05) is 32.9 Å². The topological polar surface area (TPSA) is 119 Å². The third kappa shape index (κ3) is 3.29. The van der Waals surface area contributed by atoms with E-state index in [9.17, 15) is 14.9 Å². The van der Waals surface area contributed by atoms with Gasteiger partial charge in [-0.3, -0.25) is 14.8 Å². The minimum Gasteiger partial charge on any atom is -0.399 e. The van der Waals surface area contributed by atoms with Crippen molar-refractivity contribution >= 4 is 18.1 Å². The molecular formula is C12H14N6O4. The molecule has 0 aliphatic heterocycles. The first-order valence-electron chi connectivity index (χ1n) is 6.17. The van der Waals surface area contributed by atoms with Crippen molar-refractivity contribution in [3.8, 4) is 11.5 Å². The van der Waals surface area contributed by atoms with Crippen LogP contribution in [0, 0.1) is 10.1 Å². The smallest absolute Gasteiger partial charge is 0.399 e. The van der Waals surface area contributed by atoms with E-state index in [0.717, 1.165) is 0 Å². The van der Waals surface area contributed by atoms with E-state index in [1.807, 2.05) is 0 Å². The summed E-state index contributed by atoms with van der Waals surface area (Å²) >= 11 is 0. The molecule has 10 heteroatoms. The summed E-state index contributed by atoms with van der Waals surface area (Å²) in [7, 11) is 4.86. The summed E-state index contributed by atoms with van der Waals surface area (Å²) in [6, 6.07) is 2.32. The lowest BCUT2D eigenvalue weighted by Crippen LogP contribution is -2.31. The molecule has 0 aliphatic carbocycles. The average Bonchev–Trinajstić information content (AvgIpc) is 3.05. The van der Waals surface area contributed by atoms with E-state index in [2.05, 4.69) is 15.6 Å². The van der Waals surface area contributed by atoms with E-state index < -0.39 is 4.92 Å². The van der Waals surface area contributed by atoms with E-state index in [4.69, 9.17) is 4.42 Å². The molecule has 1 N–H and O–H groups in total. The lowest BCUT2D eigenvalue weighted by Gasteiger charge is -2.07. The lowest BCUT2D eigenvalue weighted by molar-refractivity contribution is -0.401. The molecule has 0 fully saturated rings. The molecule has 2 heterocycles. The van der Waals surface area contributed by atoms with Crippen molar-refractivity contribution in [3.05, 3.63) is 34.0 Å². The summed E-state index contributed by atoms with van der Waals surface area (Å²) < 4.78 is 6.63. The number of urea groups is 1. The molecule has 0 saturated carbocycles. The van der Waals surface area contributed by atoms with Crippen LogP contribution in [-0.4, -0.2) is 45.9 Å². The molecule has 0 atom stereocenters. The minimum atomic E-state index is -0.627. The molecule has 0 aliphatic rings. The van der Waals surface area contributed by atoms with Gasteiger partial charge in [-0.15, -0.1) is 0 Å². The molecule has 2 aromatic rings. The van der Waals surface area contributed by atoms with Crippen molar-refractivity contribution in [1.82, 2.24) is 20.1 Å². The van der Waals surface area contributed by atoms with Gasteiger partial charge in [0.2, 0.25) is 0 Å². The Morgan fingerprint density at radius 2 is 2.27 bits per heavy atom. The van der Waals surface area contributed by atoms with Crippen molar-refractivity contribution in [2.75, 3.05) is 14.1 Å². The zero-order valence-electron chi connectivity index (χ0n) is 12.2. The summed E-state index contributed by atoms with van der Waals surface area (Å²) in [5.74, 6) is -0.128. The predicted octanol–water partition coefficient (Wildman–Crippen LogP) is 1.19. The van der Waals surface area contributed by atoms with Crippen LogP contribution in [0.5, 0.6) is 0 Å². The van der Waals surface area contributed by atoms with Gasteiger partial charge >= 0.3 is 11.9 Å². The number of amides is 2. The van der Waals surface area contributed by atoms with E-state index >= 15 is 0 Å². The van der Waals surface area contributed by atoms with Gasteiger partial charge in [0.05, 0.1) is 12.3 Å². The first-order valence-corrected chi connectivity index (χ1v) is 6.17. The van der Waals surface area contributed by atoms with E-state index in [0.29, 0.717) is 11.3 Å². The molecule has 2 rings (SSSR count). The number of hydrogen-bond donors (Lipinski definition) is 1. The average molecular weight is 306 g/mol. The fraction of sp³-hybridized carbons (Fsp3) is 0.250. The Hall–Kier alpha value is -3.17. The fourth-order valence-corrected chi connectivity index (χ4v) is 1.60. The van der Waals surface area contributed by atoms with Crippen LogP contribution in [0.4, 0.5) is 10.7 Å². The molecule has 0 radical (unpaired) electrons. The Morgan fingerprint density at radius 3 is 2.86 bits per heavy atom. The highest BCUT2D eigenvalue weighted by atomic mass is 16.6. The van der Waals surface area contributed by atoms with Crippen molar-refractivity contribution in [1.29, 1.82) is 0 Å². The second-order valence-corrected chi connectivity index (χ2v) is 4.57. The van der Waals surface area contributed by atoms with Gasteiger partial charge in [-0.05, 0) is 6.07 Å². The van der Waals surface area contributed by atoms with Crippen molar-refractivity contribution < 1.29 is 14.1 Å². The predicted molar refractivity (Wildman–Crippen MR) is 77.4 cm³/mol. The number of nitro groups is 1.